The third-order valence-corrected chi connectivity index (χ3v) is 3.81. The first-order chi connectivity index (χ1) is 11.6. The fourth-order valence-corrected chi connectivity index (χ4v) is 2.55. The van der Waals surface area contributed by atoms with Gasteiger partial charge in [-0.3, -0.25) is 14.9 Å². The molecule has 2 N–H and O–H groups in total. The van der Waals surface area contributed by atoms with Gasteiger partial charge in [-0.2, -0.15) is 0 Å². The Balaban J connectivity index is 1.73. The SMILES string of the molecule is O=C(Nc1cccc(C(=O)Nc2nccs2)c1)c1cccc(F)c1. The molecule has 0 aliphatic carbocycles. The predicted molar refractivity (Wildman–Crippen MR) is 90.9 cm³/mol. The van der Waals surface area contributed by atoms with Gasteiger partial charge in [-0.05, 0) is 36.4 Å². The second kappa shape index (κ2) is 7.01. The number of halogens is 1. The number of hydrogen-bond donors (Lipinski definition) is 2. The maximum atomic E-state index is 13.2. The number of nitrogens with zero attached hydrogens (tertiary/aromatic N) is 1. The van der Waals surface area contributed by atoms with Crippen molar-refractivity contribution in [2.75, 3.05) is 10.6 Å². The van der Waals surface area contributed by atoms with Crippen molar-refractivity contribution >= 4 is 34.0 Å². The van der Waals surface area contributed by atoms with Crippen molar-refractivity contribution in [3.05, 3.63) is 77.1 Å². The van der Waals surface area contributed by atoms with Crippen LogP contribution in [0, 0.1) is 5.82 Å². The molecule has 2 aromatic carbocycles. The summed E-state index contributed by atoms with van der Waals surface area (Å²) in [7, 11) is 0. The molecule has 1 aromatic heterocycles. The Hall–Kier alpha value is -3.06. The first-order valence-electron chi connectivity index (χ1n) is 6.99. The van der Waals surface area contributed by atoms with Gasteiger partial charge in [0, 0.05) is 28.4 Å². The van der Waals surface area contributed by atoms with Crippen molar-refractivity contribution in [2.24, 2.45) is 0 Å². The van der Waals surface area contributed by atoms with Gasteiger partial charge < -0.3 is 5.32 Å². The molecule has 1 heterocycles. The molecule has 3 rings (SSSR count). The Kier molecular flexibility index (Phi) is 4.62. The lowest BCUT2D eigenvalue weighted by Crippen LogP contribution is -2.14. The zero-order valence-corrected chi connectivity index (χ0v) is 13.1. The van der Waals surface area contributed by atoms with Crippen LogP contribution in [-0.2, 0) is 0 Å². The van der Waals surface area contributed by atoms with Crippen LogP contribution in [0.5, 0.6) is 0 Å². The van der Waals surface area contributed by atoms with Gasteiger partial charge in [0.2, 0.25) is 0 Å². The van der Waals surface area contributed by atoms with Crippen LogP contribution in [-0.4, -0.2) is 16.8 Å². The van der Waals surface area contributed by atoms with Crippen LogP contribution in [0.4, 0.5) is 15.2 Å². The summed E-state index contributed by atoms with van der Waals surface area (Å²) in [5.41, 5.74) is 1.02. The molecule has 3 aromatic rings. The first-order valence-corrected chi connectivity index (χ1v) is 7.87. The highest BCUT2D eigenvalue weighted by Crippen LogP contribution is 2.16. The summed E-state index contributed by atoms with van der Waals surface area (Å²) >= 11 is 1.31. The number of rotatable bonds is 4. The maximum absolute atomic E-state index is 13.2. The highest BCUT2D eigenvalue weighted by molar-refractivity contribution is 7.13. The monoisotopic (exact) mass is 341 g/mol. The van der Waals surface area contributed by atoms with Crippen molar-refractivity contribution in [3.8, 4) is 0 Å². The zero-order valence-electron chi connectivity index (χ0n) is 12.3. The summed E-state index contributed by atoms with van der Waals surface area (Å²) in [6, 6.07) is 11.9. The van der Waals surface area contributed by atoms with Crippen molar-refractivity contribution in [1.29, 1.82) is 0 Å². The Morgan fingerprint density at radius 2 is 1.67 bits per heavy atom. The maximum Gasteiger partial charge on any atom is 0.257 e. The molecular weight excluding hydrogens is 329 g/mol. The summed E-state index contributed by atoms with van der Waals surface area (Å²) in [5.74, 6) is -1.27. The molecule has 120 valence electrons. The molecule has 0 spiro atoms. The number of benzene rings is 2. The van der Waals surface area contributed by atoms with E-state index in [4.69, 9.17) is 0 Å². The second-order valence-electron chi connectivity index (χ2n) is 4.84. The van der Waals surface area contributed by atoms with Crippen LogP contribution in [0.15, 0.2) is 60.1 Å². The lowest BCUT2D eigenvalue weighted by Gasteiger charge is -2.07. The van der Waals surface area contributed by atoms with Crippen LogP contribution in [0.25, 0.3) is 0 Å². The smallest absolute Gasteiger partial charge is 0.257 e. The summed E-state index contributed by atoms with van der Waals surface area (Å²) in [6.45, 7) is 0. The van der Waals surface area contributed by atoms with E-state index >= 15 is 0 Å². The Morgan fingerprint density at radius 1 is 0.958 bits per heavy atom. The quantitative estimate of drug-likeness (QED) is 0.758. The third-order valence-electron chi connectivity index (χ3n) is 3.12. The van der Waals surface area contributed by atoms with Gasteiger partial charge >= 0.3 is 0 Å². The summed E-state index contributed by atoms with van der Waals surface area (Å²) in [4.78, 5) is 28.3. The fraction of sp³-hybridized carbons (Fsp3) is 0. The molecule has 0 saturated carbocycles. The van der Waals surface area contributed by atoms with Gasteiger partial charge in [0.25, 0.3) is 11.8 Å². The van der Waals surface area contributed by atoms with Crippen molar-refractivity contribution < 1.29 is 14.0 Å². The zero-order chi connectivity index (χ0) is 16.9. The minimum absolute atomic E-state index is 0.202. The van der Waals surface area contributed by atoms with Crippen molar-refractivity contribution in [1.82, 2.24) is 4.98 Å². The number of aromatic nitrogens is 1. The number of anilines is 2. The fourth-order valence-electron chi connectivity index (χ4n) is 2.03. The van der Waals surface area contributed by atoms with E-state index < -0.39 is 11.7 Å². The van der Waals surface area contributed by atoms with Crippen LogP contribution in [0.1, 0.15) is 20.7 Å². The van der Waals surface area contributed by atoms with Crippen molar-refractivity contribution in [3.63, 3.8) is 0 Å². The topological polar surface area (TPSA) is 71.1 Å². The molecule has 0 unspecified atom stereocenters. The largest absolute Gasteiger partial charge is 0.322 e. The average Bonchev–Trinajstić information content (AvgIpc) is 3.08. The van der Waals surface area contributed by atoms with E-state index in [2.05, 4.69) is 15.6 Å². The Bertz CT molecular complexity index is 881. The van der Waals surface area contributed by atoms with Crippen LogP contribution in [0.3, 0.4) is 0 Å². The molecule has 5 nitrogen and oxygen atoms in total. The van der Waals surface area contributed by atoms with E-state index in [0.717, 1.165) is 6.07 Å². The van der Waals surface area contributed by atoms with E-state index in [-0.39, 0.29) is 11.5 Å². The molecule has 2 amide bonds. The highest BCUT2D eigenvalue weighted by atomic mass is 32.1. The summed E-state index contributed by atoms with van der Waals surface area (Å²) in [5, 5.41) is 7.55. The van der Waals surface area contributed by atoms with Crippen molar-refractivity contribution in [2.45, 2.75) is 0 Å². The lowest BCUT2D eigenvalue weighted by molar-refractivity contribution is 0.101. The molecule has 24 heavy (non-hydrogen) atoms. The van der Waals surface area contributed by atoms with Gasteiger partial charge in [0.1, 0.15) is 5.82 Å². The predicted octanol–water partition coefficient (Wildman–Crippen LogP) is 3.79. The average molecular weight is 341 g/mol. The molecule has 0 atom stereocenters. The standard InChI is InChI=1S/C17H12FN3O2S/c18-13-5-1-3-11(9-13)15(22)20-14-6-2-4-12(10-14)16(23)21-17-19-7-8-24-17/h1-10H,(H,20,22)(H,19,21,23). The number of carbonyl (C=O) groups is 2. The van der Waals surface area contributed by atoms with E-state index in [1.54, 1.807) is 35.8 Å². The van der Waals surface area contributed by atoms with E-state index in [1.807, 2.05) is 0 Å². The summed E-state index contributed by atoms with van der Waals surface area (Å²) in [6.07, 6.45) is 1.59. The minimum Gasteiger partial charge on any atom is -0.322 e. The molecule has 0 radical (unpaired) electrons. The minimum atomic E-state index is -0.487. The third kappa shape index (κ3) is 3.82. The van der Waals surface area contributed by atoms with Gasteiger partial charge in [0.15, 0.2) is 5.13 Å². The van der Waals surface area contributed by atoms with Crippen LogP contribution in [0.2, 0.25) is 0 Å². The molecule has 7 heteroatoms. The number of thiazole rings is 1. The molecular formula is C17H12FN3O2S. The van der Waals surface area contributed by atoms with Crippen LogP contribution < -0.4 is 10.6 Å². The molecule has 0 bridgehead atoms. The molecule has 0 aliphatic heterocycles. The van der Waals surface area contributed by atoms with E-state index in [1.165, 1.54) is 29.5 Å². The molecule has 0 saturated heterocycles. The molecule has 0 fully saturated rings. The van der Waals surface area contributed by atoms with E-state index in [0.29, 0.717) is 16.4 Å². The molecule has 0 aliphatic rings. The lowest BCUT2D eigenvalue weighted by atomic mass is 10.1. The first kappa shape index (κ1) is 15.8. The second-order valence-corrected chi connectivity index (χ2v) is 5.73. The number of nitrogens with one attached hydrogen (secondary N) is 2. The Morgan fingerprint density at radius 3 is 2.38 bits per heavy atom. The Labute approximate surface area is 141 Å². The number of hydrogen-bond acceptors (Lipinski definition) is 4. The summed E-state index contributed by atoms with van der Waals surface area (Å²) < 4.78 is 13.2. The van der Waals surface area contributed by atoms with Gasteiger partial charge in [-0.1, -0.05) is 12.1 Å². The van der Waals surface area contributed by atoms with Crippen LogP contribution >= 0.6 is 11.3 Å². The van der Waals surface area contributed by atoms with Gasteiger partial charge in [-0.25, -0.2) is 9.37 Å². The highest BCUT2D eigenvalue weighted by Gasteiger charge is 2.11. The number of carbonyl (C=O) groups excluding carboxylic acids is 2. The normalized spacial score (nSPS) is 10.2. The van der Waals surface area contributed by atoms with E-state index in [9.17, 15) is 14.0 Å². The van der Waals surface area contributed by atoms with Gasteiger partial charge in [-0.15, -0.1) is 11.3 Å². The number of amides is 2. The van der Waals surface area contributed by atoms with Gasteiger partial charge in [0.05, 0.1) is 0 Å².